The number of nitrogens with one attached hydrogen (secondary N) is 4. The van der Waals surface area contributed by atoms with E-state index in [0.717, 1.165) is 21.8 Å². The fourth-order valence-corrected chi connectivity index (χ4v) is 8.52. The number of anilines is 2. The van der Waals surface area contributed by atoms with Crippen LogP contribution in [0.1, 0.15) is 88.1 Å². The first-order valence-corrected chi connectivity index (χ1v) is 21.4. The summed E-state index contributed by atoms with van der Waals surface area (Å²) in [6, 6.07) is 11.1. The number of carbonyl (C=O) groups is 6. The van der Waals surface area contributed by atoms with E-state index in [2.05, 4.69) is 43.1 Å². The van der Waals surface area contributed by atoms with Crippen molar-refractivity contribution in [2.75, 3.05) is 89.0 Å². The quantitative estimate of drug-likeness (QED) is 0.0856. The minimum absolute atomic E-state index is 0.00773. The number of rotatable bonds is 19. The van der Waals surface area contributed by atoms with Crippen molar-refractivity contribution in [3.05, 3.63) is 81.8 Å². The van der Waals surface area contributed by atoms with E-state index >= 15 is 0 Å². The Kier molecular flexibility index (Phi) is 14.8. The third kappa shape index (κ3) is 10.2. The molecule has 2 saturated heterocycles. The summed E-state index contributed by atoms with van der Waals surface area (Å²) in [7, 11) is 0. The van der Waals surface area contributed by atoms with Crippen LogP contribution in [0.2, 0.25) is 5.02 Å². The minimum atomic E-state index is -1.04. The van der Waals surface area contributed by atoms with Gasteiger partial charge < -0.3 is 40.3 Å². The molecule has 4 atom stereocenters. The molecule has 4 heterocycles. The van der Waals surface area contributed by atoms with Gasteiger partial charge >= 0.3 is 0 Å². The maximum absolute atomic E-state index is 14.0. The first-order chi connectivity index (χ1) is 30.0. The minimum Gasteiger partial charge on any atom is -0.387 e. The van der Waals surface area contributed by atoms with E-state index in [-0.39, 0.29) is 61.3 Å². The highest BCUT2D eigenvalue weighted by Gasteiger charge is 2.45. The third-order valence-corrected chi connectivity index (χ3v) is 11.8. The SMILES string of the molecule is CC1CC(O)c2ncnc(N3CCN(C(=O)C(CNCCC(=O)NCCOCCOCCNc4cccc5c4C(=O)N(C4CCC(=O)NC4=O)C5=O)c4ccc(Cl)cc4)CC3)c21. The molecule has 0 spiro atoms. The Morgan fingerprint density at radius 3 is 2.42 bits per heavy atom. The molecule has 19 heteroatoms. The van der Waals surface area contributed by atoms with Crippen LogP contribution in [0.3, 0.4) is 0 Å². The average Bonchev–Trinajstić information content (AvgIpc) is 3.71. The zero-order valence-electron chi connectivity index (χ0n) is 34.6. The number of halogens is 1. The molecule has 330 valence electrons. The monoisotopic (exact) mass is 873 g/mol. The van der Waals surface area contributed by atoms with E-state index in [0.29, 0.717) is 88.4 Å². The summed E-state index contributed by atoms with van der Waals surface area (Å²) < 4.78 is 11.2. The largest absolute Gasteiger partial charge is 0.387 e. The number of nitrogens with zero attached hydrogens (tertiary/aromatic N) is 5. The Labute approximate surface area is 364 Å². The molecule has 3 aliphatic heterocycles. The van der Waals surface area contributed by atoms with Gasteiger partial charge in [0.25, 0.3) is 11.8 Å². The molecule has 2 aromatic carbocycles. The molecule has 4 aliphatic rings. The number of aliphatic hydroxyl groups is 1. The number of piperazine rings is 1. The van der Waals surface area contributed by atoms with E-state index in [9.17, 15) is 33.9 Å². The molecule has 1 aromatic heterocycles. The zero-order valence-corrected chi connectivity index (χ0v) is 35.3. The Bertz CT molecular complexity index is 2150. The van der Waals surface area contributed by atoms with Crippen molar-refractivity contribution in [1.29, 1.82) is 0 Å². The lowest BCUT2D eigenvalue weighted by Gasteiger charge is -2.38. The topological polar surface area (TPSA) is 225 Å². The van der Waals surface area contributed by atoms with Gasteiger partial charge in [0.05, 0.1) is 55.3 Å². The van der Waals surface area contributed by atoms with Crippen LogP contribution in [0.25, 0.3) is 0 Å². The Balaban J connectivity index is 0.766. The second kappa shape index (κ2) is 20.6. The molecule has 3 aromatic rings. The number of aromatic nitrogens is 2. The average molecular weight is 874 g/mol. The number of fused-ring (bicyclic) bond motifs is 2. The number of aliphatic hydroxyl groups excluding tert-OH is 1. The van der Waals surface area contributed by atoms with Gasteiger partial charge in [0.1, 0.15) is 18.2 Å². The molecule has 2 fully saturated rings. The summed E-state index contributed by atoms with van der Waals surface area (Å²) in [6.45, 7) is 6.87. The second-order valence-electron chi connectivity index (χ2n) is 15.7. The van der Waals surface area contributed by atoms with Crippen LogP contribution >= 0.6 is 11.6 Å². The Hall–Kier alpha value is -5.53. The van der Waals surface area contributed by atoms with Gasteiger partial charge in [-0.05, 0) is 48.6 Å². The molecule has 1 aliphatic carbocycles. The molecule has 0 saturated carbocycles. The Morgan fingerprint density at radius 1 is 0.935 bits per heavy atom. The smallest absolute Gasteiger partial charge is 0.264 e. The maximum Gasteiger partial charge on any atom is 0.264 e. The van der Waals surface area contributed by atoms with Crippen LogP contribution in [0, 0.1) is 0 Å². The third-order valence-electron chi connectivity index (χ3n) is 11.6. The first-order valence-electron chi connectivity index (χ1n) is 21.0. The van der Waals surface area contributed by atoms with Crippen LogP contribution in [-0.2, 0) is 28.7 Å². The molecule has 18 nitrogen and oxygen atoms in total. The summed E-state index contributed by atoms with van der Waals surface area (Å²) in [5.41, 5.74) is 3.34. The van der Waals surface area contributed by atoms with Gasteiger partial charge in [0, 0.05) is 81.5 Å². The summed E-state index contributed by atoms with van der Waals surface area (Å²) in [5.74, 6) is -1.90. The number of hydrogen-bond acceptors (Lipinski definition) is 14. The lowest BCUT2D eigenvalue weighted by Crippen LogP contribution is -2.54. The van der Waals surface area contributed by atoms with E-state index in [1.54, 1.807) is 24.3 Å². The molecular weight excluding hydrogens is 822 g/mol. The van der Waals surface area contributed by atoms with Crippen molar-refractivity contribution in [1.82, 2.24) is 35.7 Å². The lowest BCUT2D eigenvalue weighted by atomic mass is 9.97. The molecule has 6 amide bonds. The molecular formula is C43H52ClN9O9. The highest BCUT2D eigenvalue weighted by molar-refractivity contribution is 6.30. The van der Waals surface area contributed by atoms with Gasteiger partial charge in [-0.3, -0.25) is 39.0 Å². The maximum atomic E-state index is 14.0. The molecule has 4 unspecified atom stereocenters. The molecule has 62 heavy (non-hydrogen) atoms. The summed E-state index contributed by atoms with van der Waals surface area (Å²) in [4.78, 5) is 90.6. The van der Waals surface area contributed by atoms with Crippen molar-refractivity contribution >= 4 is 58.5 Å². The molecule has 0 bridgehead atoms. The lowest BCUT2D eigenvalue weighted by molar-refractivity contribution is -0.136. The van der Waals surface area contributed by atoms with Crippen molar-refractivity contribution in [3.63, 3.8) is 0 Å². The van der Waals surface area contributed by atoms with Gasteiger partial charge in [-0.15, -0.1) is 0 Å². The molecule has 7 rings (SSSR count). The zero-order chi connectivity index (χ0) is 43.8. The van der Waals surface area contributed by atoms with Crippen LogP contribution in [0.4, 0.5) is 11.5 Å². The normalized spacial score (nSPS) is 20.2. The molecule has 5 N–H and O–H groups in total. The van der Waals surface area contributed by atoms with E-state index in [1.165, 1.54) is 12.4 Å². The Morgan fingerprint density at radius 2 is 1.68 bits per heavy atom. The number of ether oxygens (including phenoxy) is 2. The first kappa shape index (κ1) is 44.5. The standard InChI is InChI=1S/C43H52ClN9O9/c1-26-23-33(54)38-36(26)39(49-25-48-38)51-15-17-52(18-16-51)41(58)30(27-5-7-28(44)8-6-27)24-45-12-11-34(55)47-14-20-62-22-21-61-19-13-46-31-4-2-3-29-37(31)43(60)53(42(29)59)32-9-10-35(56)50-40(32)57/h2-8,25-26,30,32-33,45-46,54H,9-24H2,1H3,(H,47,55)(H,50,56,57). The summed E-state index contributed by atoms with van der Waals surface area (Å²) in [5, 5.41) is 22.5. The predicted molar refractivity (Wildman–Crippen MR) is 227 cm³/mol. The van der Waals surface area contributed by atoms with Crippen LogP contribution in [0.15, 0.2) is 48.8 Å². The number of benzene rings is 2. The number of imide groups is 2. The van der Waals surface area contributed by atoms with Gasteiger partial charge in [0.2, 0.25) is 23.6 Å². The van der Waals surface area contributed by atoms with Crippen molar-refractivity contribution in [3.8, 4) is 0 Å². The fraction of sp³-hybridized carbons (Fsp3) is 0.488. The van der Waals surface area contributed by atoms with Crippen LogP contribution < -0.4 is 26.2 Å². The van der Waals surface area contributed by atoms with E-state index < -0.39 is 41.7 Å². The highest BCUT2D eigenvalue weighted by Crippen LogP contribution is 2.43. The van der Waals surface area contributed by atoms with Gasteiger partial charge in [0.15, 0.2) is 0 Å². The van der Waals surface area contributed by atoms with Crippen molar-refractivity contribution in [2.24, 2.45) is 0 Å². The van der Waals surface area contributed by atoms with Crippen LogP contribution in [0.5, 0.6) is 0 Å². The van der Waals surface area contributed by atoms with E-state index in [4.69, 9.17) is 21.1 Å². The summed E-state index contributed by atoms with van der Waals surface area (Å²) >= 11 is 6.17. The number of piperidine rings is 1. The predicted octanol–water partition coefficient (Wildman–Crippen LogP) is 1.75. The number of hydrogen-bond donors (Lipinski definition) is 5. The number of amides is 6. The highest BCUT2D eigenvalue weighted by atomic mass is 35.5. The molecule has 0 radical (unpaired) electrons. The van der Waals surface area contributed by atoms with E-state index in [1.807, 2.05) is 17.0 Å². The van der Waals surface area contributed by atoms with Gasteiger partial charge in [-0.2, -0.15) is 0 Å². The van der Waals surface area contributed by atoms with Gasteiger partial charge in [-0.1, -0.05) is 36.7 Å². The van der Waals surface area contributed by atoms with Gasteiger partial charge in [-0.25, -0.2) is 9.97 Å². The summed E-state index contributed by atoms with van der Waals surface area (Å²) in [6.07, 6.45) is 1.89. The van der Waals surface area contributed by atoms with Crippen molar-refractivity contribution < 1.29 is 43.3 Å². The van der Waals surface area contributed by atoms with Crippen LogP contribution in [-0.4, -0.2) is 145 Å². The number of carbonyl (C=O) groups excluding carboxylic acids is 6. The fourth-order valence-electron chi connectivity index (χ4n) is 8.40. The second-order valence-corrected chi connectivity index (χ2v) is 16.1. The van der Waals surface area contributed by atoms with Crippen molar-refractivity contribution in [2.45, 2.75) is 56.6 Å².